The maximum absolute atomic E-state index is 5.47. The van der Waals surface area contributed by atoms with Gasteiger partial charge in [0.15, 0.2) is 0 Å². The molecule has 4 heterocycles. The quantitative estimate of drug-likeness (QED) is 0.0961. The molecule has 0 fully saturated rings. The van der Waals surface area contributed by atoms with Gasteiger partial charge in [0.1, 0.15) is 23.0 Å². The minimum atomic E-state index is 0.825. The number of thiophene rings is 4. The summed E-state index contributed by atoms with van der Waals surface area (Å²) in [7, 11) is 6.79. The molecule has 4 aromatic heterocycles. The van der Waals surface area contributed by atoms with Crippen molar-refractivity contribution in [1.82, 2.24) is 0 Å². The summed E-state index contributed by atoms with van der Waals surface area (Å²) < 4.78 is 27.1. The SMILES string of the molecule is COc1ccc(N(c2ccc(OC)cc2)c2ccc(-c3cc4sc(-c5ccc(-c6cc7ccc6CCc6ccc(cc6-c6ccc(-c8cc9sc(-c%10ccc(N(c%11ccc(OC)cc%11)c%11ccc(OC)cc%11)cc%10)cc9s8)cc6)CC7)cc5)cc4s3)cc2)cc1. The van der Waals surface area contributed by atoms with Crippen molar-refractivity contribution < 1.29 is 18.9 Å². The lowest BCUT2D eigenvalue weighted by Gasteiger charge is -2.26. The van der Waals surface area contributed by atoms with Crippen LogP contribution in [0.3, 0.4) is 0 Å². The number of nitrogens with zero attached hydrogens (tertiary/aromatic N) is 2. The van der Waals surface area contributed by atoms with Crippen molar-refractivity contribution in [2.45, 2.75) is 25.7 Å². The van der Waals surface area contributed by atoms with Crippen LogP contribution in [0.1, 0.15) is 22.3 Å². The van der Waals surface area contributed by atoms with Crippen molar-refractivity contribution in [2.24, 2.45) is 0 Å². The predicted molar refractivity (Wildman–Crippen MR) is 382 cm³/mol. The molecular weight excluding hydrogens is 1180 g/mol. The van der Waals surface area contributed by atoms with Crippen LogP contribution in [-0.2, 0) is 25.7 Å². The van der Waals surface area contributed by atoms with E-state index in [-0.39, 0.29) is 0 Å². The molecule has 0 unspecified atom stereocenters. The van der Waals surface area contributed by atoms with E-state index in [9.17, 15) is 0 Å². The van der Waals surface area contributed by atoms with Gasteiger partial charge in [-0.05, 0) is 238 Å². The number of aryl methyl sites for hydroxylation is 4. The molecule has 14 aromatic rings. The lowest BCUT2D eigenvalue weighted by molar-refractivity contribution is 0.414. The van der Waals surface area contributed by atoms with E-state index in [1.807, 2.05) is 93.9 Å². The topological polar surface area (TPSA) is 43.4 Å². The summed E-state index contributed by atoms with van der Waals surface area (Å²) in [5.41, 5.74) is 22.0. The lowest BCUT2D eigenvalue weighted by Crippen LogP contribution is -2.09. The second kappa shape index (κ2) is 24.7. The molecule has 0 radical (unpaired) electrons. The Bertz CT molecular complexity index is 4360. The average molecular weight is 1240 g/mol. The minimum absolute atomic E-state index is 0.825. The zero-order valence-electron chi connectivity index (χ0n) is 50.2. The van der Waals surface area contributed by atoms with Gasteiger partial charge < -0.3 is 28.7 Å². The Morgan fingerprint density at radius 1 is 0.244 bits per heavy atom. The monoisotopic (exact) mass is 1240 g/mol. The van der Waals surface area contributed by atoms with Gasteiger partial charge >= 0.3 is 0 Å². The third-order valence-corrected chi connectivity index (χ3v) is 22.0. The Labute approximate surface area is 541 Å². The zero-order chi connectivity index (χ0) is 60.7. The molecule has 0 spiro atoms. The Balaban J connectivity index is 0.620. The van der Waals surface area contributed by atoms with Gasteiger partial charge in [-0.15, -0.1) is 45.3 Å². The smallest absolute Gasteiger partial charge is 0.119 e. The van der Waals surface area contributed by atoms with E-state index >= 15 is 0 Å². The van der Waals surface area contributed by atoms with Crippen LogP contribution >= 0.6 is 45.3 Å². The first-order chi connectivity index (χ1) is 44.3. The highest BCUT2D eigenvalue weighted by Crippen LogP contribution is 2.47. The number of fused-ring (bicyclic) bond motifs is 2. The van der Waals surface area contributed by atoms with Crippen molar-refractivity contribution in [1.29, 1.82) is 0 Å². The Morgan fingerprint density at radius 3 is 0.733 bits per heavy atom. The van der Waals surface area contributed by atoms with E-state index in [0.29, 0.717) is 0 Å². The zero-order valence-corrected chi connectivity index (χ0v) is 53.5. The second-order valence-corrected chi connectivity index (χ2v) is 26.9. The summed E-state index contributed by atoms with van der Waals surface area (Å²) in [5.74, 6) is 3.30. The first kappa shape index (κ1) is 56.8. The molecule has 6 nitrogen and oxygen atoms in total. The number of anilines is 6. The molecule has 0 saturated heterocycles. The van der Waals surface area contributed by atoms with Crippen molar-refractivity contribution in [3.63, 3.8) is 0 Å². The largest absolute Gasteiger partial charge is 0.497 e. The maximum Gasteiger partial charge on any atom is 0.119 e. The van der Waals surface area contributed by atoms with Crippen LogP contribution in [0.15, 0.2) is 255 Å². The van der Waals surface area contributed by atoms with Crippen molar-refractivity contribution >= 4 is 98.3 Å². The molecule has 0 amide bonds. The molecule has 10 heteroatoms. The number of rotatable bonds is 16. The fourth-order valence-electron chi connectivity index (χ4n) is 12.3. The van der Waals surface area contributed by atoms with Gasteiger partial charge in [0.05, 0.1) is 28.4 Å². The number of ether oxygens (including phenoxy) is 4. The highest BCUT2D eigenvalue weighted by Gasteiger charge is 2.20. The molecule has 10 aromatic carbocycles. The summed E-state index contributed by atoms with van der Waals surface area (Å²) in [4.78, 5) is 9.63. The van der Waals surface area contributed by atoms with E-state index in [1.54, 1.807) is 28.4 Å². The summed E-state index contributed by atoms with van der Waals surface area (Å²) in [6.45, 7) is 0. The first-order valence-corrected chi connectivity index (χ1v) is 33.5. The number of methoxy groups -OCH3 is 4. The van der Waals surface area contributed by atoms with Gasteiger partial charge in [0.25, 0.3) is 0 Å². The fourth-order valence-corrected chi connectivity index (χ4v) is 17.1. The summed E-state index contributed by atoms with van der Waals surface area (Å²) in [6, 6.07) is 93.1. The van der Waals surface area contributed by atoms with Crippen LogP contribution in [0, 0.1) is 0 Å². The molecule has 4 aliphatic carbocycles. The third kappa shape index (κ3) is 11.4. The fraction of sp³-hybridized carbons (Fsp3) is 0.100. The summed E-state index contributed by atoms with van der Waals surface area (Å²) >= 11 is 7.47. The molecule has 90 heavy (non-hydrogen) atoms. The van der Waals surface area contributed by atoms with Gasteiger partial charge in [-0.1, -0.05) is 109 Å². The van der Waals surface area contributed by atoms with Crippen LogP contribution in [0.4, 0.5) is 34.1 Å². The number of benzene rings is 10. The Morgan fingerprint density at radius 2 is 0.478 bits per heavy atom. The van der Waals surface area contributed by atoms with Crippen LogP contribution in [0.5, 0.6) is 23.0 Å². The molecule has 0 aliphatic heterocycles. The lowest BCUT2D eigenvalue weighted by atomic mass is 9.87. The standard InChI is InChI=1S/C80H62N2O4S4/c1-83-67-37-29-63(30-38-67)81(64-31-39-68(84-2)40-32-64)61-25-21-59(22-26-61)75-49-79-77(89-75)47-73(87-79)57-17-13-55(14-18-57)71-45-51-5-6-52-8-10-54(12-11-53(71)9-7-51)72(46-52)56-15-19-58(20-16-56)74-48-78-80(88-74)50-76(90-78)60-23-27-62(28-24-60)82(65-33-41-69(85-3)42-34-65)66-35-43-70(86-4)44-36-66/h7-10,13-50H,5-6,11-12H2,1-4H3. The number of hydrogen-bond acceptors (Lipinski definition) is 10. The number of hydrogen-bond donors (Lipinski definition) is 0. The maximum atomic E-state index is 5.47. The van der Waals surface area contributed by atoms with Gasteiger partial charge in [0, 0.05) is 72.4 Å². The van der Waals surface area contributed by atoms with Crippen molar-refractivity contribution in [3.05, 3.63) is 277 Å². The molecule has 0 N–H and O–H groups in total. The van der Waals surface area contributed by atoms with E-state index in [1.165, 1.54) is 105 Å². The van der Waals surface area contributed by atoms with E-state index in [4.69, 9.17) is 18.9 Å². The minimum Gasteiger partial charge on any atom is -0.497 e. The first-order valence-electron chi connectivity index (χ1n) is 30.2. The molecular formula is C80H62N2O4S4. The van der Waals surface area contributed by atoms with Gasteiger partial charge in [-0.3, -0.25) is 0 Å². The molecule has 0 saturated carbocycles. The Hall–Kier alpha value is -9.68. The molecule has 440 valence electrons. The van der Waals surface area contributed by atoms with Crippen LogP contribution in [-0.4, -0.2) is 28.4 Å². The normalized spacial score (nSPS) is 12.0. The van der Waals surface area contributed by atoms with Gasteiger partial charge in [-0.25, -0.2) is 0 Å². The van der Waals surface area contributed by atoms with E-state index in [0.717, 1.165) is 82.8 Å². The van der Waals surface area contributed by atoms with Gasteiger partial charge in [0.2, 0.25) is 0 Å². The summed E-state index contributed by atoms with van der Waals surface area (Å²) in [6.07, 6.45) is 3.90. The van der Waals surface area contributed by atoms with Crippen molar-refractivity contribution in [2.75, 3.05) is 38.2 Å². The second-order valence-electron chi connectivity index (χ2n) is 22.6. The molecule has 4 bridgehead atoms. The molecule has 0 atom stereocenters. The highest BCUT2D eigenvalue weighted by atomic mass is 32.1. The third-order valence-electron chi connectivity index (χ3n) is 17.2. The van der Waals surface area contributed by atoms with Crippen LogP contribution < -0.4 is 28.7 Å². The molecule has 18 rings (SSSR count). The van der Waals surface area contributed by atoms with Gasteiger partial charge in [-0.2, -0.15) is 0 Å². The Kier molecular flexibility index (Phi) is 15.6. The highest BCUT2D eigenvalue weighted by molar-refractivity contribution is 7.31. The predicted octanol–water partition coefficient (Wildman–Crippen LogP) is 23.1. The van der Waals surface area contributed by atoms with Crippen molar-refractivity contribution in [3.8, 4) is 87.0 Å². The van der Waals surface area contributed by atoms with E-state index in [2.05, 4.69) is 216 Å². The average Bonchev–Trinajstić information content (AvgIpc) is 1.76. The van der Waals surface area contributed by atoms with Crippen LogP contribution in [0.25, 0.3) is 82.8 Å². The molecule has 4 aliphatic rings. The van der Waals surface area contributed by atoms with Crippen LogP contribution in [0.2, 0.25) is 0 Å². The summed E-state index contributed by atoms with van der Waals surface area (Å²) in [5, 5.41) is 0. The van der Waals surface area contributed by atoms with E-state index < -0.39 is 0 Å².